The van der Waals surface area contributed by atoms with E-state index in [1.165, 1.54) is 24.4 Å². The van der Waals surface area contributed by atoms with Gasteiger partial charge in [0.15, 0.2) is 0 Å². The number of hydrogen-bond acceptors (Lipinski definition) is 3. The van der Waals surface area contributed by atoms with E-state index in [0.29, 0.717) is 0 Å². The van der Waals surface area contributed by atoms with E-state index in [1.807, 2.05) is 0 Å². The van der Waals surface area contributed by atoms with E-state index in [1.54, 1.807) is 0 Å². The maximum atomic E-state index is 10.8. The van der Waals surface area contributed by atoms with Crippen molar-refractivity contribution in [1.29, 1.82) is 0 Å². The lowest BCUT2D eigenvalue weighted by Crippen LogP contribution is -2.25. The summed E-state index contributed by atoms with van der Waals surface area (Å²) in [5.41, 5.74) is 0. The summed E-state index contributed by atoms with van der Waals surface area (Å²) in [4.78, 5) is 10.8. The van der Waals surface area contributed by atoms with Gasteiger partial charge in [-0.1, -0.05) is 22.6 Å². The molecule has 0 amide bonds. The van der Waals surface area contributed by atoms with Crippen LogP contribution in [0.2, 0.25) is 0 Å². The SMILES string of the molecule is COC(=O)COC1CCC(CI)CC1. The Balaban J connectivity index is 2.13. The molecule has 4 heteroatoms. The van der Waals surface area contributed by atoms with Gasteiger partial charge in [0.05, 0.1) is 13.2 Å². The monoisotopic (exact) mass is 312 g/mol. The molecule has 0 aliphatic heterocycles. The van der Waals surface area contributed by atoms with E-state index in [-0.39, 0.29) is 18.7 Å². The molecule has 3 nitrogen and oxygen atoms in total. The Morgan fingerprint density at radius 3 is 2.50 bits per heavy atom. The molecule has 0 unspecified atom stereocenters. The van der Waals surface area contributed by atoms with E-state index < -0.39 is 0 Å². The minimum absolute atomic E-state index is 0.107. The van der Waals surface area contributed by atoms with Gasteiger partial charge in [0, 0.05) is 4.43 Å². The normalized spacial score (nSPS) is 27.3. The second kappa shape index (κ2) is 6.61. The van der Waals surface area contributed by atoms with Crippen molar-refractivity contribution in [3.63, 3.8) is 0 Å². The van der Waals surface area contributed by atoms with Gasteiger partial charge in [0.2, 0.25) is 0 Å². The Morgan fingerprint density at radius 1 is 1.36 bits per heavy atom. The molecule has 1 saturated carbocycles. The number of carbonyl (C=O) groups is 1. The van der Waals surface area contributed by atoms with Crippen LogP contribution in [0.15, 0.2) is 0 Å². The molecule has 0 aromatic rings. The first kappa shape index (κ1) is 12.2. The average Bonchev–Trinajstić information content (AvgIpc) is 2.26. The van der Waals surface area contributed by atoms with Crippen molar-refractivity contribution in [1.82, 2.24) is 0 Å². The largest absolute Gasteiger partial charge is 0.467 e. The quantitative estimate of drug-likeness (QED) is 0.453. The predicted molar refractivity (Wildman–Crippen MR) is 62.6 cm³/mol. The summed E-state index contributed by atoms with van der Waals surface area (Å²) in [5, 5.41) is 0. The molecule has 14 heavy (non-hydrogen) atoms. The summed E-state index contributed by atoms with van der Waals surface area (Å²) in [6.45, 7) is 0.107. The van der Waals surface area contributed by atoms with Crippen LogP contribution in [0.25, 0.3) is 0 Å². The van der Waals surface area contributed by atoms with Crippen LogP contribution in [0.4, 0.5) is 0 Å². The summed E-state index contributed by atoms with van der Waals surface area (Å²) in [6, 6.07) is 0. The third-order valence-corrected chi connectivity index (χ3v) is 3.92. The van der Waals surface area contributed by atoms with Crippen LogP contribution in [0.1, 0.15) is 25.7 Å². The third kappa shape index (κ3) is 4.13. The Labute approximate surface area is 98.7 Å². The van der Waals surface area contributed by atoms with Crippen LogP contribution in [-0.4, -0.2) is 30.2 Å². The predicted octanol–water partition coefficient (Wildman–Crippen LogP) is 2.17. The van der Waals surface area contributed by atoms with Gasteiger partial charge < -0.3 is 9.47 Å². The van der Waals surface area contributed by atoms with Crippen molar-refractivity contribution in [3.8, 4) is 0 Å². The minimum Gasteiger partial charge on any atom is -0.467 e. The van der Waals surface area contributed by atoms with Gasteiger partial charge in [-0.15, -0.1) is 0 Å². The van der Waals surface area contributed by atoms with Crippen molar-refractivity contribution in [2.45, 2.75) is 31.8 Å². The smallest absolute Gasteiger partial charge is 0.331 e. The molecule has 1 aliphatic rings. The Hall–Kier alpha value is 0.160. The van der Waals surface area contributed by atoms with Gasteiger partial charge in [-0.3, -0.25) is 0 Å². The first-order chi connectivity index (χ1) is 6.76. The molecule has 0 bridgehead atoms. The highest BCUT2D eigenvalue weighted by atomic mass is 127. The molecule has 1 aliphatic carbocycles. The van der Waals surface area contributed by atoms with Gasteiger partial charge in [-0.2, -0.15) is 0 Å². The fraction of sp³-hybridized carbons (Fsp3) is 0.900. The Kier molecular flexibility index (Phi) is 5.77. The molecule has 0 spiro atoms. The van der Waals surface area contributed by atoms with E-state index in [0.717, 1.165) is 18.8 Å². The number of esters is 1. The highest BCUT2D eigenvalue weighted by Crippen LogP contribution is 2.27. The zero-order chi connectivity index (χ0) is 10.4. The first-order valence-electron chi connectivity index (χ1n) is 5.00. The molecule has 0 radical (unpaired) electrons. The van der Waals surface area contributed by atoms with Crippen LogP contribution in [0, 0.1) is 5.92 Å². The van der Waals surface area contributed by atoms with Gasteiger partial charge >= 0.3 is 5.97 Å². The highest BCUT2D eigenvalue weighted by Gasteiger charge is 2.21. The molecule has 1 rings (SSSR count). The number of carbonyl (C=O) groups excluding carboxylic acids is 1. The molecule has 0 saturated heterocycles. The molecule has 82 valence electrons. The van der Waals surface area contributed by atoms with Crippen LogP contribution in [0.5, 0.6) is 0 Å². The fourth-order valence-electron chi connectivity index (χ4n) is 1.70. The Morgan fingerprint density at radius 2 is 2.00 bits per heavy atom. The summed E-state index contributed by atoms with van der Waals surface area (Å²) >= 11 is 2.44. The topological polar surface area (TPSA) is 35.5 Å². The summed E-state index contributed by atoms with van der Waals surface area (Å²) in [5.74, 6) is 0.578. The van der Waals surface area contributed by atoms with E-state index >= 15 is 0 Å². The van der Waals surface area contributed by atoms with E-state index in [9.17, 15) is 4.79 Å². The minimum atomic E-state index is -0.277. The lowest BCUT2D eigenvalue weighted by Gasteiger charge is -2.26. The maximum absolute atomic E-state index is 10.8. The molecule has 0 N–H and O–H groups in total. The van der Waals surface area contributed by atoms with Crippen molar-refractivity contribution >= 4 is 28.6 Å². The van der Waals surface area contributed by atoms with Gasteiger partial charge in [0.25, 0.3) is 0 Å². The molecular formula is C10H17IO3. The van der Waals surface area contributed by atoms with Crippen LogP contribution < -0.4 is 0 Å². The van der Waals surface area contributed by atoms with Gasteiger partial charge in [-0.25, -0.2) is 4.79 Å². The second-order valence-corrected chi connectivity index (χ2v) is 4.56. The lowest BCUT2D eigenvalue weighted by molar-refractivity contribution is -0.148. The number of ether oxygens (including phenoxy) is 2. The number of rotatable bonds is 4. The molecule has 0 heterocycles. The van der Waals surface area contributed by atoms with Crippen molar-refractivity contribution in [2.24, 2.45) is 5.92 Å². The second-order valence-electron chi connectivity index (χ2n) is 3.68. The number of hydrogen-bond donors (Lipinski definition) is 0. The van der Waals surface area contributed by atoms with Crippen molar-refractivity contribution in [3.05, 3.63) is 0 Å². The zero-order valence-corrected chi connectivity index (χ0v) is 10.7. The maximum Gasteiger partial charge on any atom is 0.331 e. The first-order valence-corrected chi connectivity index (χ1v) is 6.53. The number of alkyl halides is 1. The molecule has 0 atom stereocenters. The van der Waals surface area contributed by atoms with Crippen molar-refractivity contribution < 1.29 is 14.3 Å². The standard InChI is InChI=1S/C10H17IO3/c1-13-10(12)7-14-9-4-2-8(6-11)3-5-9/h8-9H,2-7H2,1H3. The Bertz CT molecular complexity index is 176. The van der Waals surface area contributed by atoms with Crippen LogP contribution in [0.3, 0.4) is 0 Å². The summed E-state index contributed by atoms with van der Waals surface area (Å²) in [6.07, 6.45) is 4.91. The third-order valence-electron chi connectivity index (χ3n) is 2.68. The van der Waals surface area contributed by atoms with Crippen molar-refractivity contribution in [2.75, 3.05) is 18.1 Å². The van der Waals surface area contributed by atoms with E-state index in [2.05, 4.69) is 27.3 Å². The fourth-order valence-corrected chi connectivity index (χ4v) is 2.58. The number of halogens is 1. The molecule has 0 aromatic heterocycles. The molecule has 0 aromatic carbocycles. The van der Waals surface area contributed by atoms with Crippen LogP contribution in [-0.2, 0) is 14.3 Å². The summed E-state index contributed by atoms with van der Waals surface area (Å²) in [7, 11) is 1.39. The number of methoxy groups -OCH3 is 1. The molecule has 1 fully saturated rings. The van der Waals surface area contributed by atoms with E-state index in [4.69, 9.17) is 4.74 Å². The zero-order valence-electron chi connectivity index (χ0n) is 8.50. The van der Waals surface area contributed by atoms with Crippen LogP contribution >= 0.6 is 22.6 Å². The van der Waals surface area contributed by atoms with Gasteiger partial charge in [0.1, 0.15) is 6.61 Å². The lowest BCUT2D eigenvalue weighted by atomic mass is 9.89. The average molecular weight is 312 g/mol. The summed E-state index contributed by atoms with van der Waals surface area (Å²) < 4.78 is 11.2. The molecular weight excluding hydrogens is 295 g/mol. The van der Waals surface area contributed by atoms with Gasteiger partial charge in [-0.05, 0) is 31.6 Å². The highest BCUT2D eigenvalue weighted by molar-refractivity contribution is 14.1.